The Hall–Kier alpha value is -2.40. The SMILES string of the molecule is Cn1cnc(S(=O)(=O)CN2CCC(=NOCc3cccc(C(F)(F)F)c3)CC2)c1. The van der Waals surface area contributed by atoms with Crippen molar-refractivity contribution >= 4 is 15.5 Å². The van der Waals surface area contributed by atoms with Crippen molar-refractivity contribution in [3.63, 3.8) is 0 Å². The summed E-state index contributed by atoms with van der Waals surface area (Å²) in [6.07, 6.45) is -0.436. The molecule has 1 saturated heterocycles. The molecule has 1 aliphatic heterocycles. The summed E-state index contributed by atoms with van der Waals surface area (Å²) in [5.41, 5.74) is 0.403. The first-order valence-corrected chi connectivity index (χ1v) is 10.6. The predicted molar refractivity (Wildman–Crippen MR) is 99.7 cm³/mol. The number of hydrogen-bond donors (Lipinski definition) is 0. The molecule has 1 aromatic carbocycles. The fourth-order valence-corrected chi connectivity index (χ4v) is 4.33. The summed E-state index contributed by atoms with van der Waals surface area (Å²) in [4.78, 5) is 10.9. The Labute approximate surface area is 166 Å². The standard InChI is InChI=1S/C18H21F3N4O3S/c1-24-10-17(22-12-24)29(26,27)13-25-7-5-16(6-8-25)23-28-11-14-3-2-4-15(9-14)18(19,20)21/h2-4,9-10,12H,5-8,11,13H2,1H3. The lowest BCUT2D eigenvalue weighted by Gasteiger charge is -2.26. The van der Waals surface area contributed by atoms with Crippen LogP contribution in [-0.4, -0.2) is 47.5 Å². The van der Waals surface area contributed by atoms with Crippen LogP contribution in [0.2, 0.25) is 0 Å². The van der Waals surface area contributed by atoms with Gasteiger partial charge < -0.3 is 9.40 Å². The van der Waals surface area contributed by atoms with Gasteiger partial charge in [-0.3, -0.25) is 4.90 Å². The monoisotopic (exact) mass is 430 g/mol. The van der Waals surface area contributed by atoms with Gasteiger partial charge in [0.25, 0.3) is 0 Å². The lowest BCUT2D eigenvalue weighted by Crippen LogP contribution is -2.37. The van der Waals surface area contributed by atoms with Crippen molar-refractivity contribution in [2.45, 2.75) is 30.7 Å². The highest BCUT2D eigenvalue weighted by atomic mass is 32.2. The summed E-state index contributed by atoms with van der Waals surface area (Å²) in [6.45, 7) is 0.931. The van der Waals surface area contributed by atoms with E-state index < -0.39 is 21.6 Å². The van der Waals surface area contributed by atoms with Gasteiger partial charge in [0.1, 0.15) is 12.5 Å². The number of sulfone groups is 1. The molecule has 1 aromatic heterocycles. The van der Waals surface area contributed by atoms with Crippen molar-refractivity contribution in [3.8, 4) is 0 Å². The molecule has 3 rings (SSSR count). The van der Waals surface area contributed by atoms with Gasteiger partial charge in [-0.1, -0.05) is 17.3 Å². The summed E-state index contributed by atoms with van der Waals surface area (Å²) < 4.78 is 64.5. The molecular weight excluding hydrogens is 409 g/mol. The van der Waals surface area contributed by atoms with Crippen LogP contribution in [0.1, 0.15) is 24.0 Å². The number of alkyl halides is 3. The van der Waals surface area contributed by atoms with E-state index in [9.17, 15) is 21.6 Å². The number of nitrogens with zero attached hydrogens (tertiary/aromatic N) is 4. The Morgan fingerprint density at radius 2 is 1.97 bits per heavy atom. The Balaban J connectivity index is 1.49. The number of piperidine rings is 1. The van der Waals surface area contributed by atoms with Crippen LogP contribution >= 0.6 is 0 Å². The van der Waals surface area contributed by atoms with Crippen LogP contribution in [0.5, 0.6) is 0 Å². The van der Waals surface area contributed by atoms with E-state index in [-0.39, 0.29) is 17.5 Å². The first-order chi connectivity index (χ1) is 13.6. The molecule has 1 fully saturated rings. The lowest BCUT2D eigenvalue weighted by atomic mass is 10.1. The molecule has 0 unspecified atom stereocenters. The molecule has 0 bridgehead atoms. The summed E-state index contributed by atoms with van der Waals surface area (Å²) in [7, 11) is -1.79. The van der Waals surface area contributed by atoms with Gasteiger partial charge in [-0.2, -0.15) is 13.2 Å². The molecule has 11 heteroatoms. The zero-order valence-corrected chi connectivity index (χ0v) is 16.6. The quantitative estimate of drug-likeness (QED) is 0.659. The van der Waals surface area contributed by atoms with E-state index in [0.717, 1.165) is 17.8 Å². The summed E-state index contributed by atoms with van der Waals surface area (Å²) >= 11 is 0. The maximum atomic E-state index is 12.7. The molecule has 0 spiro atoms. The maximum Gasteiger partial charge on any atom is 0.416 e. The number of oxime groups is 1. The number of aryl methyl sites for hydroxylation is 1. The van der Waals surface area contributed by atoms with Crippen LogP contribution in [0.4, 0.5) is 13.2 Å². The fourth-order valence-electron chi connectivity index (χ4n) is 2.92. The molecule has 0 N–H and O–H groups in total. The third-order valence-electron chi connectivity index (χ3n) is 4.46. The molecule has 29 heavy (non-hydrogen) atoms. The molecule has 0 amide bonds. The number of likely N-dealkylation sites (tertiary alicyclic amines) is 1. The van der Waals surface area contributed by atoms with Crippen molar-refractivity contribution < 1.29 is 26.4 Å². The highest BCUT2D eigenvalue weighted by Crippen LogP contribution is 2.29. The Bertz CT molecular complexity index is 976. The summed E-state index contributed by atoms with van der Waals surface area (Å²) in [5.74, 6) is -0.123. The van der Waals surface area contributed by atoms with Gasteiger partial charge in [0.05, 0.1) is 17.6 Å². The maximum absolute atomic E-state index is 12.7. The summed E-state index contributed by atoms with van der Waals surface area (Å²) in [6, 6.07) is 4.91. The first-order valence-electron chi connectivity index (χ1n) is 8.90. The molecular formula is C18H21F3N4O3S. The Morgan fingerprint density at radius 3 is 2.59 bits per heavy atom. The number of benzene rings is 1. The van der Waals surface area contributed by atoms with Gasteiger partial charge in [-0.05, 0) is 17.7 Å². The molecule has 7 nitrogen and oxygen atoms in total. The minimum Gasteiger partial charge on any atom is -0.391 e. The number of aromatic nitrogens is 2. The second kappa shape index (κ2) is 8.54. The fraction of sp³-hybridized carbons (Fsp3) is 0.444. The minimum atomic E-state index is -4.40. The molecule has 1 aliphatic rings. The average Bonchev–Trinajstić information content (AvgIpc) is 3.10. The molecule has 0 aliphatic carbocycles. The van der Waals surface area contributed by atoms with Crippen LogP contribution < -0.4 is 0 Å². The topological polar surface area (TPSA) is 76.8 Å². The predicted octanol–water partition coefficient (Wildman–Crippen LogP) is 2.84. The molecule has 2 aromatic rings. The van der Waals surface area contributed by atoms with Crippen LogP contribution in [0.3, 0.4) is 0 Å². The molecule has 2 heterocycles. The molecule has 0 radical (unpaired) electrons. The number of imidazole rings is 1. The van der Waals surface area contributed by atoms with E-state index in [2.05, 4.69) is 10.1 Å². The van der Waals surface area contributed by atoms with Crippen LogP contribution in [-0.2, 0) is 34.5 Å². The highest BCUT2D eigenvalue weighted by Gasteiger charge is 2.30. The van der Waals surface area contributed by atoms with Crippen LogP contribution in [0, 0.1) is 0 Å². The van der Waals surface area contributed by atoms with Gasteiger partial charge in [0.15, 0.2) is 5.03 Å². The second-order valence-electron chi connectivity index (χ2n) is 6.87. The van der Waals surface area contributed by atoms with E-state index in [0.29, 0.717) is 31.5 Å². The third kappa shape index (κ3) is 5.80. The van der Waals surface area contributed by atoms with E-state index in [1.54, 1.807) is 22.6 Å². The van der Waals surface area contributed by atoms with Crippen molar-refractivity contribution in [3.05, 3.63) is 47.9 Å². The van der Waals surface area contributed by atoms with Crippen molar-refractivity contribution in [2.75, 3.05) is 19.0 Å². The van der Waals surface area contributed by atoms with Gasteiger partial charge in [0.2, 0.25) is 9.84 Å². The first kappa shape index (κ1) is 21.3. The smallest absolute Gasteiger partial charge is 0.391 e. The third-order valence-corrected chi connectivity index (χ3v) is 6.02. The van der Waals surface area contributed by atoms with Gasteiger partial charge in [-0.25, -0.2) is 13.4 Å². The van der Waals surface area contributed by atoms with E-state index in [1.807, 2.05) is 0 Å². The van der Waals surface area contributed by atoms with Gasteiger partial charge in [0, 0.05) is 39.2 Å². The van der Waals surface area contributed by atoms with E-state index in [1.165, 1.54) is 18.6 Å². The van der Waals surface area contributed by atoms with Crippen molar-refractivity contribution in [1.29, 1.82) is 0 Å². The van der Waals surface area contributed by atoms with E-state index in [4.69, 9.17) is 4.84 Å². The highest BCUT2D eigenvalue weighted by molar-refractivity contribution is 7.91. The second-order valence-corrected chi connectivity index (χ2v) is 8.77. The molecule has 0 saturated carbocycles. The average molecular weight is 430 g/mol. The Morgan fingerprint density at radius 1 is 1.24 bits per heavy atom. The zero-order valence-electron chi connectivity index (χ0n) is 15.8. The largest absolute Gasteiger partial charge is 0.416 e. The lowest BCUT2D eigenvalue weighted by molar-refractivity contribution is -0.137. The minimum absolute atomic E-state index is 0.0453. The van der Waals surface area contributed by atoms with Crippen molar-refractivity contribution in [2.24, 2.45) is 12.2 Å². The number of rotatable bonds is 6. The molecule has 158 valence electrons. The van der Waals surface area contributed by atoms with Crippen LogP contribution in [0.15, 0.2) is 47.0 Å². The number of halogens is 3. The normalized spacial score (nSPS) is 16.1. The van der Waals surface area contributed by atoms with Crippen LogP contribution in [0.25, 0.3) is 0 Å². The summed E-state index contributed by atoms with van der Waals surface area (Å²) in [5, 5.41) is 4.05. The van der Waals surface area contributed by atoms with Crippen molar-refractivity contribution in [1.82, 2.24) is 14.5 Å². The Kier molecular flexibility index (Phi) is 6.27. The van der Waals surface area contributed by atoms with Gasteiger partial charge >= 0.3 is 6.18 Å². The van der Waals surface area contributed by atoms with Gasteiger partial charge in [-0.15, -0.1) is 0 Å². The van der Waals surface area contributed by atoms with E-state index >= 15 is 0 Å². The molecule has 0 atom stereocenters. The zero-order chi connectivity index (χ0) is 21.1. The number of hydrogen-bond acceptors (Lipinski definition) is 6.